The fraction of sp³-hybridized carbons (Fsp3) is 1.00. The van der Waals surface area contributed by atoms with Gasteiger partial charge >= 0.3 is 6.18 Å². The second-order valence-electron chi connectivity index (χ2n) is 3.66. The number of alkyl halides is 3. The summed E-state index contributed by atoms with van der Waals surface area (Å²) >= 11 is 0. The monoisotopic (exact) mass is 234 g/mol. The Balaban J connectivity index is 4.15. The molecule has 0 aromatic heterocycles. The van der Waals surface area contributed by atoms with E-state index in [4.69, 9.17) is 0 Å². The summed E-state index contributed by atoms with van der Waals surface area (Å²) in [6.45, 7) is 1.54. The van der Waals surface area contributed by atoms with Gasteiger partial charge in [-0.1, -0.05) is 13.8 Å². The van der Waals surface area contributed by atoms with E-state index in [1.165, 1.54) is 0 Å². The molecule has 86 valence electrons. The fourth-order valence-electron chi connectivity index (χ4n) is 0.590. The highest BCUT2D eigenvalue weighted by molar-refractivity contribution is 7.85. The number of hydrogen-bond donors (Lipinski definition) is 0. The van der Waals surface area contributed by atoms with Crippen molar-refractivity contribution in [2.45, 2.75) is 26.4 Å². The van der Waals surface area contributed by atoms with Gasteiger partial charge in [-0.2, -0.15) is 21.6 Å². The fourth-order valence-corrected chi connectivity index (χ4v) is 0.976. The Bertz CT molecular complexity index is 279. The largest absolute Gasteiger partial charge is 0.394 e. The Hall–Kier alpha value is -0.300. The summed E-state index contributed by atoms with van der Waals surface area (Å²) in [4.78, 5) is 0. The maximum atomic E-state index is 12.2. The van der Waals surface area contributed by atoms with Crippen LogP contribution < -0.4 is 0 Å². The zero-order valence-corrected chi connectivity index (χ0v) is 9.00. The van der Waals surface area contributed by atoms with E-state index in [-0.39, 0.29) is 6.42 Å². The third-order valence-corrected chi connectivity index (χ3v) is 2.39. The van der Waals surface area contributed by atoms with Crippen molar-refractivity contribution in [2.75, 3.05) is 12.9 Å². The van der Waals surface area contributed by atoms with E-state index in [2.05, 4.69) is 4.18 Å². The molecule has 7 heteroatoms. The summed E-state index contributed by atoms with van der Waals surface area (Å²) in [5.74, 6) is 0. The van der Waals surface area contributed by atoms with Crippen molar-refractivity contribution < 1.29 is 25.8 Å². The summed E-state index contributed by atoms with van der Waals surface area (Å²) in [5.41, 5.74) is -1.93. The van der Waals surface area contributed by atoms with Gasteiger partial charge in [-0.05, 0) is 6.42 Å². The molecule has 0 heterocycles. The standard InChI is InChI=1S/C7H13F3O3S/c1-6(2,7(8,9)10)4-5-13-14(3,11)12/h4-5H2,1-3H3. The Morgan fingerprint density at radius 1 is 1.21 bits per heavy atom. The van der Waals surface area contributed by atoms with Crippen LogP contribution in [0.1, 0.15) is 20.3 Å². The van der Waals surface area contributed by atoms with E-state index >= 15 is 0 Å². The molecule has 0 aliphatic rings. The van der Waals surface area contributed by atoms with Gasteiger partial charge in [0.25, 0.3) is 10.1 Å². The Morgan fingerprint density at radius 2 is 1.64 bits per heavy atom. The van der Waals surface area contributed by atoms with Crippen LogP contribution in [-0.2, 0) is 14.3 Å². The minimum atomic E-state index is -4.35. The van der Waals surface area contributed by atoms with Crippen molar-refractivity contribution in [2.24, 2.45) is 5.41 Å². The third-order valence-electron chi connectivity index (χ3n) is 1.79. The summed E-state index contributed by atoms with van der Waals surface area (Å²) < 4.78 is 61.9. The quantitative estimate of drug-likeness (QED) is 0.698. The predicted octanol–water partition coefficient (Wildman–Crippen LogP) is 1.94. The van der Waals surface area contributed by atoms with Crippen molar-refractivity contribution >= 4 is 10.1 Å². The second kappa shape index (κ2) is 4.06. The lowest BCUT2D eigenvalue weighted by molar-refractivity contribution is -0.215. The summed E-state index contributed by atoms with van der Waals surface area (Å²) in [7, 11) is -3.66. The van der Waals surface area contributed by atoms with Crippen LogP contribution in [0.4, 0.5) is 13.2 Å². The minimum absolute atomic E-state index is 0.385. The molecule has 0 radical (unpaired) electrons. The topological polar surface area (TPSA) is 43.4 Å². The molecule has 0 spiro atoms. The number of halogens is 3. The highest BCUT2D eigenvalue weighted by Gasteiger charge is 2.46. The average Bonchev–Trinajstić information content (AvgIpc) is 1.80. The predicted molar refractivity (Wildman–Crippen MR) is 45.2 cm³/mol. The zero-order valence-electron chi connectivity index (χ0n) is 8.18. The van der Waals surface area contributed by atoms with Gasteiger partial charge in [0.15, 0.2) is 0 Å². The lowest BCUT2D eigenvalue weighted by Crippen LogP contribution is -2.33. The van der Waals surface area contributed by atoms with Gasteiger partial charge in [-0.3, -0.25) is 4.18 Å². The maximum absolute atomic E-state index is 12.2. The van der Waals surface area contributed by atoms with E-state index < -0.39 is 28.3 Å². The highest BCUT2D eigenvalue weighted by Crippen LogP contribution is 2.40. The third kappa shape index (κ3) is 4.80. The van der Waals surface area contributed by atoms with E-state index in [1.54, 1.807) is 0 Å². The molecular weight excluding hydrogens is 221 g/mol. The van der Waals surface area contributed by atoms with Crippen LogP contribution in [0.25, 0.3) is 0 Å². The van der Waals surface area contributed by atoms with Crippen molar-refractivity contribution in [3.05, 3.63) is 0 Å². The van der Waals surface area contributed by atoms with Gasteiger partial charge in [0.1, 0.15) is 0 Å². The van der Waals surface area contributed by atoms with Crippen molar-refractivity contribution in [3.8, 4) is 0 Å². The molecule has 0 atom stereocenters. The van der Waals surface area contributed by atoms with Gasteiger partial charge in [-0.25, -0.2) is 0 Å². The highest BCUT2D eigenvalue weighted by atomic mass is 32.2. The SMILES string of the molecule is CC(C)(CCOS(C)(=O)=O)C(F)(F)F. The van der Waals surface area contributed by atoms with Crippen LogP contribution in [0.5, 0.6) is 0 Å². The van der Waals surface area contributed by atoms with Crippen LogP contribution in [0.3, 0.4) is 0 Å². The first-order valence-corrected chi connectivity index (χ1v) is 5.68. The normalized spacial score (nSPS) is 14.4. The molecule has 0 aromatic rings. The molecule has 0 saturated heterocycles. The van der Waals surface area contributed by atoms with Gasteiger partial charge < -0.3 is 0 Å². The van der Waals surface area contributed by atoms with Crippen LogP contribution in [0.15, 0.2) is 0 Å². The van der Waals surface area contributed by atoms with Gasteiger partial charge in [0, 0.05) is 0 Å². The smallest absolute Gasteiger partial charge is 0.270 e. The molecule has 3 nitrogen and oxygen atoms in total. The van der Waals surface area contributed by atoms with Crippen LogP contribution in [-0.4, -0.2) is 27.5 Å². The first-order chi connectivity index (χ1) is 5.96. The summed E-state index contributed by atoms with van der Waals surface area (Å²) in [6, 6.07) is 0. The van der Waals surface area contributed by atoms with E-state index in [0.29, 0.717) is 0 Å². The Morgan fingerprint density at radius 3 is 1.93 bits per heavy atom. The Kier molecular flexibility index (Phi) is 3.97. The van der Waals surface area contributed by atoms with Crippen LogP contribution >= 0.6 is 0 Å². The molecule has 0 N–H and O–H groups in total. The van der Waals surface area contributed by atoms with Gasteiger partial charge in [-0.15, -0.1) is 0 Å². The van der Waals surface area contributed by atoms with Crippen molar-refractivity contribution in [1.29, 1.82) is 0 Å². The molecule has 0 fully saturated rings. The first kappa shape index (κ1) is 13.7. The molecule has 0 aromatic carbocycles. The second-order valence-corrected chi connectivity index (χ2v) is 5.30. The molecule has 0 unspecified atom stereocenters. The molecule has 0 aliphatic heterocycles. The van der Waals surface area contributed by atoms with Crippen molar-refractivity contribution in [1.82, 2.24) is 0 Å². The molecule has 0 bridgehead atoms. The van der Waals surface area contributed by atoms with E-state index in [9.17, 15) is 21.6 Å². The first-order valence-electron chi connectivity index (χ1n) is 3.87. The lowest BCUT2D eigenvalue weighted by atomic mass is 9.89. The average molecular weight is 234 g/mol. The minimum Gasteiger partial charge on any atom is -0.270 e. The Labute approximate surface area is 81.4 Å². The molecule has 0 amide bonds. The van der Waals surface area contributed by atoms with E-state index in [1.807, 2.05) is 0 Å². The van der Waals surface area contributed by atoms with Gasteiger partial charge in [0.05, 0.1) is 18.3 Å². The summed E-state index contributed by atoms with van der Waals surface area (Å²) in [6.07, 6.45) is -3.94. The van der Waals surface area contributed by atoms with Gasteiger partial charge in [0.2, 0.25) is 0 Å². The molecule has 14 heavy (non-hydrogen) atoms. The molecular formula is C7H13F3O3S. The maximum Gasteiger partial charge on any atom is 0.394 e. The molecule has 0 saturated carbocycles. The molecule has 0 rings (SSSR count). The van der Waals surface area contributed by atoms with Crippen molar-refractivity contribution in [3.63, 3.8) is 0 Å². The summed E-state index contributed by atoms with van der Waals surface area (Å²) in [5, 5.41) is 0. The number of rotatable bonds is 4. The van der Waals surface area contributed by atoms with Crippen LogP contribution in [0.2, 0.25) is 0 Å². The zero-order chi connectivity index (χ0) is 11.6. The molecule has 0 aliphatic carbocycles. The number of hydrogen-bond acceptors (Lipinski definition) is 3. The lowest BCUT2D eigenvalue weighted by Gasteiger charge is -2.27. The van der Waals surface area contributed by atoms with Crippen LogP contribution in [0, 0.1) is 5.41 Å². The van der Waals surface area contributed by atoms with E-state index in [0.717, 1.165) is 20.1 Å².